The van der Waals surface area contributed by atoms with Crippen molar-refractivity contribution in [2.24, 2.45) is 17.6 Å². The topological polar surface area (TPSA) is 75.3 Å². The molecule has 0 aromatic heterocycles. The van der Waals surface area contributed by atoms with Crippen molar-refractivity contribution in [1.29, 1.82) is 0 Å². The maximum Gasteiger partial charge on any atom is 0.223 e. The summed E-state index contributed by atoms with van der Waals surface area (Å²) in [6, 6.07) is 9.71. The number of hydrogen-bond acceptors (Lipinski definition) is 3. The Balaban J connectivity index is 1.90. The zero-order valence-corrected chi connectivity index (χ0v) is 14.8. The summed E-state index contributed by atoms with van der Waals surface area (Å²) >= 11 is 0. The maximum atomic E-state index is 12.2. The summed E-state index contributed by atoms with van der Waals surface area (Å²) in [7, 11) is 1.65. The van der Waals surface area contributed by atoms with Gasteiger partial charge in [0.25, 0.3) is 0 Å². The first-order valence-electron chi connectivity index (χ1n) is 9.29. The largest absolute Gasteiger partial charge is 0.391 e. The van der Waals surface area contributed by atoms with Crippen LogP contribution in [-0.4, -0.2) is 30.2 Å². The molecule has 4 heteroatoms. The summed E-state index contributed by atoms with van der Waals surface area (Å²) in [5, 5.41) is 13.3. The van der Waals surface area contributed by atoms with Gasteiger partial charge in [0.1, 0.15) is 0 Å². The van der Waals surface area contributed by atoms with Crippen molar-refractivity contribution in [2.75, 3.05) is 7.05 Å². The van der Waals surface area contributed by atoms with Crippen molar-refractivity contribution in [3.05, 3.63) is 35.9 Å². The monoisotopic (exact) mass is 332 g/mol. The SMILES string of the molecule is CNC(=O)C(Cc1ccccc1)CC(O)[C@@H](N)CC1CCCCC1. The Morgan fingerprint density at radius 2 is 1.92 bits per heavy atom. The van der Waals surface area contributed by atoms with E-state index < -0.39 is 6.10 Å². The average molecular weight is 332 g/mol. The van der Waals surface area contributed by atoms with Crippen molar-refractivity contribution in [3.8, 4) is 0 Å². The van der Waals surface area contributed by atoms with E-state index in [1.165, 1.54) is 32.1 Å². The van der Waals surface area contributed by atoms with Crippen LogP contribution in [0, 0.1) is 11.8 Å². The molecule has 1 aromatic rings. The molecule has 134 valence electrons. The lowest BCUT2D eigenvalue weighted by atomic mass is 9.82. The third-order valence-electron chi connectivity index (χ3n) is 5.29. The quantitative estimate of drug-likeness (QED) is 0.685. The van der Waals surface area contributed by atoms with Crippen molar-refractivity contribution >= 4 is 5.91 Å². The van der Waals surface area contributed by atoms with Gasteiger partial charge in [0.15, 0.2) is 0 Å². The molecule has 1 aliphatic carbocycles. The zero-order chi connectivity index (χ0) is 17.4. The second-order valence-corrected chi connectivity index (χ2v) is 7.21. The van der Waals surface area contributed by atoms with Gasteiger partial charge in [-0.3, -0.25) is 4.79 Å². The molecular weight excluding hydrogens is 300 g/mol. The van der Waals surface area contributed by atoms with Gasteiger partial charge in [-0.15, -0.1) is 0 Å². The minimum absolute atomic E-state index is 0.0252. The molecule has 2 rings (SSSR count). The number of amides is 1. The first-order chi connectivity index (χ1) is 11.6. The van der Waals surface area contributed by atoms with Gasteiger partial charge < -0.3 is 16.2 Å². The van der Waals surface area contributed by atoms with Crippen LogP contribution in [-0.2, 0) is 11.2 Å². The summed E-state index contributed by atoms with van der Waals surface area (Å²) in [5.41, 5.74) is 7.36. The van der Waals surface area contributed by atoms with E-state index in [1.54, 1.807) is 7.05 Å². The lowest BCUT2D eigenvalue weighted by molar-refractivity contribution is -0.125. The van der Waals surface area contributed by atoms with Crippen molar-refractivity contribution in [1.82, 2.24) is 5.32 Å². The molecule has 1 fully saturated rings. The Morgan fingerprint density at radius 3 is 2.54 bits per heavy atom. The molecule has 4 N–H and O–H groups in total. The van der Waals surface area contributed by atoms with E-state index >= 15 is 0 Å². The zero-order valence-electron chi connectivity index (χ0n) is 14.8. The Bertz CT molecular complexity index is 486. The van der Waals surface area contributed by atoms with E-state index in [0.29, 0.717) is 18.8 Å². The number of benzene rings is 1. The van der Waals surface area contributed by atoms with Crippen LogP contribution in [0.3, 0.4) is 0 Å². The van der Waals surface area contributed by atoms with Crippen LogP contribution in [0.1, 0.15) is 50.5 Å². The fraction of sp³-hybridized carbons (Fsp3) is 0.650. The molecule has 0 spiro atoms. The van der Waals surface area contributed by atoms with Gasteiger partial charge in [-0.05, 0) is 30.7 Å². The number of nitrogens with two attached hydrogens (primary N) is 1. The van der Waals surface area contributed by atoms with E-state index in [4.69, 9.17) is 5.73 Å². The highest BCUT2D eigenvalue weighted by atomic mass is 16.3. The lowest BCUT2D eigenvalue weighted by Gasteiger charge is -2.28. The van der Waals surface area contributed by atoms with Gasteiger partial charge in [-0.1, -0.05) is 62.4 Å². The van der Waals surface area contributed by atoms with E-state index in [0.717, 1.165) is 12.0 Å². The molecule has 0 radical (unpaired) electrons. The fourth-order valence-corrected chi connectivity index (χ4v) is 3.82. The minimum atomic E-state index is -0.627. The van der Waals surface area contributed by atoms with Gasteiger partial charge in [-0.25, -0.2) is 0 Å². The smallest absolute Gasteiger partial charge is 0.223 e. The molecule has 1 aliphatic rings. The lowest BCUT2D eigenvalue weighted by Crippen LogP contribution is -2.41. The summed E-state index contributed by atoms with van der Waals surface area (Å²) in [6.45, 7) is 0. The van der Waals surface area contributed by atoms with Crippen LogP contribution in [0.15, 0.2) is 30.3 Å². The fourth-order valence-electron chi connectivity index (χ4n) is 3.82. The van der Waals surface area contributed by atoms with Crippen molar-refractivity contribution in [2.45, 2.75) is 63.5 Å². The maximum absolute atomic E-state index is 12.2. The summed E-state index contributed by atoms with van der Waals surface area (Å²) in [4.78, 5) is 12.2. The molecule has 0 bridgehead atoms. The molecule has 0 aliphatic heterocycles. The van der Waals surface area contributed by atoms with Gasteiger partial charge in [0.2, 0.25) is 5.91 Å². The molecule has 1 amide bonds. The van der Waals surface area contributed by atoms with Crippen LogP contribution in [0.2, 0.25) is 0 Å². The standard InChI is InChI=1S/C20H32N2O2/c1-22-20(24)17(12-15-8-4-2-5-9-15)14-19(23)18(21)13-16-10-6-3-7-11-16/h2,4-5,8-9,16-19,23H,3,6-7,10-14,21H2,1H3,(H,22,24)/t17?,18-,19?/m0/s1. The summed E-state index contributed by atoms with van der Waals surface area (Å²) in [6.07, 6.45) is 7.63. The van der Waals surface area contributed by atoms with Crippen molar-refractivity contribution < 1.29 is 9.90 Å². The van der Waals surface area contributed by atoms with E-state index in [9.17, 15) is 9.90 Å². The Kier molecular flexibility index (Phi) is 7.73. The number of hydrogen-bond donors (Lipinski definition) is 3. The molecule has 2 unspecified atom stereocenters. The predicted octanol–water partition coefficient (Wildman–Crippen LogP) is 2.64. The highest BCUT2D eigenvalue weighted by molar-refractivity contribution is 5.78. The van der Waals surface area contributed by atoms with Crippen molar-refractivity contribution in [3.63, 3.8) is 0 Å². The molecule has 0 saturated heterocycles. The predicted molar refractivity (Wildman–Crippen MR) is 97.5 cm³/mol. The number of rotatable bonds is 8. The molecule has 1 aromatic carbocycles. The molecule has 4 nitrogen and oxygen atoms in total. The number of carbonyl (C=O) groups is 1. The summed E-state index contributed by atoms with van der Waals surface area (Å²) in [5.74, 6) is 0.364. The number of aliphatic hydroxyl groups excluding tert-OH is 1. The van der Waals surface area contributed by atoms with Crippen LogP contribution >= 0.6 is 0 Å². The molecule has 24 heavy (non-hydrogen) atoms. The molecule has 1 saturated carbocycles. The van der Waals surface area contributed by atoms with Crippen LogP contribution in [0.4, 0.5) is 0 Å². The number of carbonyl (C=O) groups excluding carboxylic acids is 1. The highest BCUT2D eigenvalue weighted by Gasteiger charge is 2.27. The normalized spacial score (nSPS) is 19.5. The van der Waals surface area contributed by atoms with Crippen LogP contribution in [0.25, 0.3) is 0 Å². The Hall–Kier alpha value is -1.39. The molecule has 0 heterocycles. The number of nitrogens with one attached hydrogen (secondary N) is 1. The second kappa shape index (κ2) is 9.80. The first-order valence-corrected chi connectivity index (χ1v) is 9.29. The molecule has 3 atom stereocenters. The molecular formula is C20H32N2O2. The number of aliphatic hydroxyl groups is 1. The highest BCUT2D eigenvalue weighted by Crippen LogP contribution is 2.28. The summed E-state index contributed by atoms with van der Waals surface area (Å²) < 4.78 is 0. The van der Waals surface area contributed by atoms with Crippen LogP contribution in [0.5, 0.6) is 0 Å². The van der Waals surface area contributed by atoms with Gasteiger partial charge in [0.05, 0.1) is 6.10 Å². The Labute approximate surface area is 145 Å². The third kappa shape index (κ3) is 5.91. The van der Waals surface area contributed by atoms with Gasteiger partial charge in [-0.2, -0.15) is 0 Å². The Morgan fingerprint density at radius 1 is 1.25 bits per heavy atom. The first kappa shape index (κ1) is 18.9. The average Bonchev–Trinajstić information content (AvgIpc) is 2.62. The third-order valence-corrected chi connectivity index (χ3v) is 5.29. The van der Waals surface area contributed by atoms with E-state index in [-0.39, 0.29) is 17.9 Å². The van der Waals surface area contributed by atoms with Crippen LogP contribution < -0.4 is 11.1 Å². The van der Waals surface area contributed by atoms with Gasteiger partial charge in [0, 0.05) is 19.0 Å². The van der Waals surface area contributed by atoms with E-state index in [1.807, 2.05) is 30.3 Å². The van der Waals surface area contributed by atoms with Gasteiger partial charge >= 0.3 is 0 Å². The van der Waals surface area contributed by atoms with E-state index in [2.05, 4.69) is 5.32 Å². The second-order valence-electron chi connectivity index (χ2n) is 7.21. The minimum Gasteiger partial charge on any atom is -0.391 e.